The Bertz CT molecular complexity index is 745. The van der Waals surface area contributed by atoms with E-state index in [1.165, 1.54) is 0 Å². The quantitative estimate of drug-likeness (QED) is 0.889. The lowest BCUT2D eigenvalue weighted by Crippen LogP contribution is -2.18. The topological polar surface area (TPSA) is 102 Å². The highest BCUT2D eigenvalue weighted by molar-refractivity contribution is 7.89. The number of aromatic nitrogens is 2. The van der Waals surface area contributed by atoms with Gasteiger partial charge in [0.1, 0.15) is 11.6 Å². The Morgan fingerprint density at radius 2 is 2.06 bits per heavy atom. The summed E-state index contributed by atoms with van der Waals surface area (Å²) in [6.45, 7) is 0. The van der Waals surface area contributed by atoms with Gasteiger partial charge in [-0.1, -0.05) is 23.7 Å². The largest absolute Gasteiger partial charge is 0.257 e. The van der Waals surface area contributed by atoms with Crippen LogP contribution < -0.4 is 5.14 Å². The van der Waals surface area contributed by atoms with Gasteiger partial charge in [0.2, 0.25) is 0 Å². The van der Waals surface area contributed by atoms with Crippen molar-refractivity contribution < 1.29 is 8.42 Å². The molecule has 2 rings (SSSR count). The summed E-state index contributed by atoms with van der Waals surface area (Å²) < 4.78 is 24.0. The van der Waals surface area contributed by atoms with Crippen LogP contribution in [0.4, 0.5) is 0 Å². The minimum atomic E-state index is -4.08. The molecule has 0 saturated heterocycles. The number of sulfonamides is 1. The van der Waals surface area contributed by atoms with E-state index in [1.807, 2.05) is 0 Å². The summed E-state index contributed by atoms with van der Waals surface area (Å²) >= 11 is 5.95. The summed E-state index contributed by atoms with van der Waals surface area (Å²) in [6, 6.07) is 8.24. The summed E-state index contributed by atoms with van der Waals surface area (Å²) in [6.07, 6.45) is 1.13. The molecule has 6 nitrogen and oxygen atoms in total. The number of benzene rings is 1. The molecule has 0 aliphatic heterocycles. The zero-order chi connectivity index (χ0) is 13.3. The SMILES string of the molecule is N#Cc1cnn(-c2ccccc2Cl)c1S(N)(=O)=O. The van der Waals surface area contributed by atoms with Gasteiger partial charge in [-0.3, -0.25) is 0 Å². The Balaban J connectivity index is 2.80. The van der Waals surface area contributed by atoms with Crippen LogP contribution in [-0.2, 0) is 10.0 Å². The second-order valence-electron chi connectivity index (χ2n) is 3.38. The van der Waals surface area contributed by atoms with Gasteiger partial charge in [-0.05, 0) is 12.1 Å². The smallest absolute Gasteiger partial charge is 0.223 e. The molecule has 1 aromatic heterocycles. The average Bonchev–Trinajstić information content (AvgIpc) is 2.73. The van der Waals surface area contributed by atoms with Gasteiger partial charge in [-0.2, -0.15) is 10.4 Å². The van der Waals surface area contributed by atoms with Crippen molar-refractivity contribution >= 4 is 21.6 Å². The van der Waals surface area contributed by atoms with Crippen LogP contribution in [0, 0.1) is 11.3 Å². The number of hydrogen-bond acceptors (Lipinski definition) is 4. The highest BCUT2D eigenvalue weighted by Crippen LogP contribution is 2.24. The number of hydrogen-bond donors (Lipinski definition) is 1. The van der Waals surface area contributed by atoms with Crippen molar-refractivity contribution in [3.8, 4) is 11.8 Å². The molecule has 0 saturated carbocycles. The van der Waals surface area contributed by atoms with Crippen LogP contribution in [0.3, 0.4) is 0 Å². The second-order valence-corrected chi connectivity index (χ2v) is 5.27. The van der Waals surface area contributed by atoms with Crippen molar-refractivity contribution in [2.75, 3.05) is 0 Å². The van der Waals surface area contributed by atoms with Crippen molar-refractivity contribution in [1.82, 2.24) is 9.78 Å². The third kappa shape index (κ3) is 2.09. The molecular formula is C10H7ClN4O2S. The van der Waals surface area contributed by atoms with E-state index >= 15 is 0 Å². The van der Waals surface area contributed by atoms with Gasteiger partial charge in [0, 0.05) is 0 Å². The second kappa shape index (κ2) is 4.42. The molecular weight excluding hydrogens is 276 g/mol. The van der Waals surface area contributed by atoms with Gasteiger partial charge in [0.25, 0.3) is 10.0 Å². The Hall–Kier alpha value is -1.88. The first-order chi connectivity index (χ1) is 8.45. The molecule has 2 N–H and O–H groups in total. The molecule has 0 amide bonds. The third-order valence-corrected chi connectivity index (χ3v) is 3.45. The zero-order valence-corrected chi connectivity index (χ0v) is 10.5. The molecule has 8 heteroatoms. The highest BCUT2D eigenvalue weighted by atomic mass is 35.5. The molecule has 1 heterocycles. The average molecular weight is 283 g/mol. The number of halogens is 1. The van der Waals surface area contributed by atoms with Gasteiger partial charge < -0.3 is 0 Å². The fraction of sp³-hybridized carbons (Fsp3) is 0. The van der Waals surface area contributed by atoms with E-state index < -0.39 is 10.0 Å². The van der Waals surface area contributed by atoms with E-state index in [-0.39, 0.29) is 10.6 Å². The first-order valence-electron chi connectivity index (χ1n) is 4.71. The summed E-state index contributed by atoms with van der Waals surface area (Å²) in [4.78, 5) is 0. The van der Waals surface area contributed by atoms with Crippen molar-refractivity contribution in [2.24, 2.45) is 5.14 Å². The lowest BCUT2D eigenvalue weighted by Gasteiger charge is -2.07. The Morgan fingerprint density at radius 1 is 1.39 bits per heavy atom. The predicted octanol–water partition coefficient (Wildman–Crippen LogP) is 1.04. The summed E-state index contributed by atoms with van der Waals surface area (Å²) in [7, 11) is -4.08. The standard InChI is InChI=1S/C10H7ClN4O2S/c11-8-3-1-2-4-9(8)15-10(18(13,16)17)7(5-12)6-14-15/h1-4,6H,(H2,13,16,17). The van der Waals surface area contributed by atoms with E-state index in [1.54, 1.807) is 30.3 Å². The van der Waals surface area contributed by atoms with E-state index in [0.29, 0.717) is 10.7 Å². The van der Waals surface area contributed by atoms with Crippen LogP contribution >= 0.6 is 11.6 Å². The molecule has 92 valence electrons. The maximum atomic E-state index is 11.5. The van der Waals surface area contributed by atoms with Gasteiger partial charge in [0.05, 0.1) is 16.9 Å². The molecule has 0 spiro atoms. The monoisotopic (exact) mass is 282 g/mol. The molecule has 0 atom stereocenters. The molecule has 1 aromatic carbocycles. The Morgan fingerprint density at radius 3 is 2.61 bits per heavy atom. The summed E-state index contributed by atoms with van der Waals surface area (Å²) in [5.74, 6) is 0. The first kappa shape index (κ1) is 12.6. The van der Waals surface area contributed by atoms with Crippen LogP contribution in [0.15, 0.2) is 35.5 Å². The Kier molecular flexibility index (Phi) is 3.09. The lowest BCUT2D eigenvalue weighted by molar-refractivity contribution is 0.587. The first-order valence-corrected chi connectivity index (χ1v) is 6.63. The fourth-order valence-electron chi connectivity index (χ4n) is 1.48. The van der Waals surface area contributed by atoms with Gasteiger partial charge in [-0.15, -0.1) is 0 Å². The third-order valence-electron chi connectivity index (χ3n) is 2.20. The van der Waals surface area contributed by atoms with Gasteiger partial charge in [-0.25, -0.2) is 18.2 Å². The number of nitrogens with zero attached hydrogens (tertiary/aromatic N) is 3. The molecule has 0 aliphatic rings. The van der Waals surface area contributed by atoms with Gasteiger partial charge in [0.15, 0.2) is 5.03 Å². The highest BCUT2D eigenvalue weighted by Gasteiger charge is 2.23. The molecule has 0 unspecified atom stereocenters. The van der Waals surface area contributed by atoms with Crippen molar-refractivity contribution in [3.63, 3.8) is 0 Å². The zero-order valence-electron chi connectivity index (χ0n) is 8.91. The Labute approximate surface area is 108 Å². The van der Waals surface area contributed by atoms with Crippen LogP contribution in [-0.4, -0.2) is 18.2 Å². The number of para-hydroxylation sites is 1. The number of nitrogens with two attached hydrogens (primary N) is 1. The minimum Gasteiger partial charge on any atom is -0.223 e. The fourth-order valence-corrected chi connectivity index (χ4v) is 2.49. The molecule has 0 aliphatic carbocycles. The molecule has 0 bridgehead atoms. The predicted molar refractivity (Wildman–Crippen MR) is 64.7 cm³/mol. The van der Waals surface area contributed by atoms with Crippen LogP contribution in [0.1, 0.15) is 5.56 Å². The maximum absolute atomic E-state index is 11.5. The summed E-state index contributed by atoms with van der Waals surface area (Å²) in [5, 5.41) is 17.7. The lowest BCUT2D eigenvalue weighted by atomic mass is 10.3. The maximum Gasteiger partial charge on any atom is 0.257 e. The van der Waals surface area contributed by atoms with Crippen LogP contribution in [0.25, 0.3) is 5.69 Å². The normalized spacial score (nSPS) is 11.2. The number of rotatable bonds is 2. The molecule has 0 fully saturated rings. The summed E-state index contributed by atoms with van der Waals surface area (Å²) in [5.41, 5.74) is 0.210. The van der Waals surface area contributed by atoms with Crippen molar-refractivity contribution in [1.29, 1.82) is 5.26 Å². The number of nitriles is 1. The van der Waals surface area contributed by atoms with Crippen LogP contribution in [0.5, 0.6) is 0 Å². The molecule has 0 radical (unpaired) electrons. The molecule has 2 aromatic rings. The van der Waals surface area contributed by atoms with Crippen LogP contribution in [0.2, 0.25) is 5.02 Å². The van der Waals surface area contributed by atoms with E-state index in [9.17, 15) is 8.42 Å². The van der Waals surface area contributed by atoms with Crippen molar-refractivity contribution in [2.45, 2.75) is 5.03 Å². The van der Waals surface area contributed by atoms with Crippen molar-refractivity contribution in [3.05, 3.63) is 41.0 Å². The van der Waals surface area contributed by atoms with E-state index in [0.717, 1.165) is 10.9 Å². The molecule has 18 heavy (non-hydrogen) atoms. The minimum absolute atomic E-state index is 0.127. The number of primary sulfonamides is 1. The van der Waals surface area contributed by atoms with Gasteiger partial charge >= 0.3 is 0 Å². The van der Waals surface area contributed by atoms with E-state index in [2.05, 4.69) is 5.10 Å². The van der Waals surface area contributed by atoms with E-state index in [4.69, 9.17) is 22.0 Å².